The van der Waals surface area contributed by atoms with Gasteiger partial charge in [0.2, 0.25) is 0 Å². The van der Waals surface area contributed by atoms with Gasteiger partial charge in [0.15, 0.2) is 0 Å². The molecule has 0 N–H and O–H groups in total. The van der Waals surface area contributed by atoms with Crippen molar-refractivity contribution >= 4 is 23.3 Å². The summed E-state index contributed by atoms with van der Waals surface area (Å²) in [5.41, 5.74) is -2.28. The van der Waals surface area contributed by atoms with E-state index in [-0.39, 0.29) is 23.5 Å². The molecule has 0 amide bonds. The molecule has 1 heterocycles. The van der Waals surface area contributed by atoms with Crippen LogP contribution in [0.25, 0.3) is 11.6 Å². The second-order valence-electron chi connectivity index (χ2n) is 4.78. The van der Waals surface area contributed by atoms with Gasteiger partial charge in [0.25, 0.3) is 5.69 Å². The third-order valence-corrected chi connectivity index (χ3v) is 3.14. The molecule has 0 aliphatic carbocycles. The van der Waals surface area contributed by atoms with Crippen LogP contribution in [0.15, 0.2) is 41.0 Å². The predicted molar refractivity (Wildman–Crippen MR) is 81.3 cm³/mol. The van der Waals surface area contributed by atoms with Crippen molar-refractivity contribution in [3.8, 4) is 0 Å². The molecule has 0 bridgehead atoms. The molecule has 0 unspecified atom stereocenters. The lowest BCUT2D eigenvalue weighted by atomic mass is 10.0. The molecule has 0 atom stereocenters. The topological polar surface area (TPSA) is 82.6 Å². The molecule has 2 rings (SSSR count). The summed E-state index contributed by atoms with van der Waals surface area (Å²) in [6.07, 6.45) is -2.38. The smallest absolute Gasteiger partial charge is 0.416 e. The summed E-state index contributed by atoms with van der Waals surface area (Å²) in [6.45, 7) is 1.62. The van der Waals surface area contributed by atoms with Crippen LogP contribution in [0.1, 0.15) is 23.8 Å². The zero-order valence-corrected chi connectivity index (χ0v) is 12.9. The molecule has 0 fully saturated rings. The number of furan rings is 1. The molecule has 9 heteroatoms. The molecular formula is C16H12F3NO5. The molecule has 0 aliphatic rings. The second-order valence-corrected chi connectivity index (χ2v) is 4.78. The van der Waals surface area contributed by atoms with Gasteiger partial charge in [-0.05, 0) is 37.3 Å². The van der Waals surface area contributed by atoms with E-state index in [1.807, 2.05) is 0 Å². The Morgan fingerprint density at radius 2 is 2.08 bits per heavy atom. The van der Waals surface area contributed by atoms with E-state index in [0.29, 0.717) is 12.1 Å². The Morgan fingerprint density at radius 1 is 1.36 bits per heavy atom. The molecule has 0 saturated heterocycles. The average molecular weight is 355 g/mol. The maximum Gasteiger partial charge on any atom is 0.416 e. The van der Waals surface area contributed by atoms with Crippen LogP contribution in [0.2, 0.25) is 0 Å². The van der Waals surface area contributed by atoms with Crippen molar-refractivity contribution in [2.24, 2.45) is 0 Å². The van der Waals surface area contributed by atoms with Gasteiger partial charge in [0.05, 0.1) is 28.9 Å². The van der Waals surface area contributed by atoms with Crippen LogP contribution in [0.3, 0.4) is 0 Å². The maximum atomic E-state index is 12.8. The zero-order valence-electron chi connectivity index (χ0n) is 12.9. The van der Waals surface area contributed by atoms with Crippen LogP contribution < -0.4 is 0 Å². The highest BCUT2D eigenvalue weighted by atomic mass is 19.4. The van der Waals surface area contributed by atoms with Crippen LogP contribution in [0.4, 0.5) is 18.9 Å². The number of halogens is 3. The zero-order chi connectivity index (χ0) is 18.6. The third-order valence-electron chi connectivity index (χ3n) is 3.14. The summed E-state index contributed by atoms with van der Waals surface area (Å²) >= 11 is 0. The molecule has 0 aliphatic heterocycles. The number of ether oxygens (including phenoxy) is 1. The quantitative estimate of drug-likeness (QED) is 0.345. The van der Waals surface area contributed by atoms with Crippen LogP contribution in [-0.2, 0) is 15.7 Å². The Morgan fingerprint density at radius 3 is 2.60 bits per heavy atom. The molecular weight excluding hydrogens is 343 g/mol. The molecule has 25 heavy (non-hydrogen) atoms. The number of rotatable bonds is 5. The Balaban J connectivity index is 2.59. The molecule has 0 radical (unpaired) electrons. The fourth-order valence-electron chi connectivity index (χ4n) is 2.03. The minimum Gasteiger partial charge on any atom is -0.464 e. The molecule has 2 aromatic rings. The van der Waals surface area contributed by atoms with E-state index in [1.54, 1.807) is 6.92 Å². The van der Waals surface area contributed by atoms with Crippen molar-refractivity contribution in [3.63, 3.8) is 0 Å². The largest absolute Gasteiger partial charge is 0.464 e. The summed E-state index contributed by atoms with van der Waals surface area (Å²) in [7, 11) is 0. The fraction of sp³-hybridized carbons (Fsp3) is 0.188. The van der Waals surface area contributed by atoms with Crippen molar-refractivity contribution in [2.75, 3.05) is 6.61 Å². The van der Waals surface area contributed by atoms with Gasteiger partial charge < -0.3 is 9.15 Å². The molecule has 0 saturated carbocycles. The van der Waals surface area contributed by atoms with Gasteiger partial charge in [-0.15, -0.1) is 0 Å². The van der Waals surface area contributed by atoms with Crippen molar-refractivity contribution in [2.45, 2.75) is 13.1 Å². The second kappa shape index (κ2) is 7.20. The maximum absolute atomic E-state index is 12.8. The first-order valence-corrected chi connectivity index (χ1v) is 7.02. The number of hydrogen-bond donors (Lipinski definition) is 0. The first kappa shape index (κ1) is 18.2. The van der Waals surface area contributed by atoms with Crippen molar-refractivity contribution in [3.05, 3.63) is 63.6 Å². The van der Waals surface area contributed by atoms with Gasteiger partial charge in [-0.25, -0.2) is 4.79 Å². The molecule has 1 aromatic carbocycles. The van der Waals surface area contributed by atoms with Crippen LogP contribution in [-0.4, -0.2) is 17.5 Å². The van der Waals surface area contributed by atoms with E-state index in [4.69, 9.17) is 9.15 Å². The summed E-state index contributed by atoms with van der Waals surface area (Å²) < 4.78 is 48.2. The number of hydrogen-bond acceptors (Lipinski definition) is 5. The molecule has 0 spiro atoms. The summed E-state index contributed by atoms with van der Waals surface area (Å²) in [4.78, 5) is 22.2. The lowest BCUT2D eigenvalue weighted by molar-refractivity contribution is -0.385. The SMILES string of the molecule is CCOC(=O)C(=Cc1ccc(C(F)(F)F)cc1[N+](=O)[O-])c1ccco1. The van der Waals surface area contributed by atoms with Crippen LogP contribution >= 0.6 is 0 Å². The highest BCUT2D eigenvalue weighted by Crippen LogP contribution is 2.34. The van der Waals surface area contributed by atoms with E-state index in [1.165, 1.54) is 18.4 Å². The average Bonchev–Trinajstić information content (AvgIpc) is 3.05. The van der Waals surface area contributed by atoms with E-state index in [0.717, 1.165) is 12.1 Å². The first-order valence-electron chi connectivity index (χ1n) is 7.02. The van der Waals surface area contributed by atoms with E-state index in [2.05, 4.69) is 0 Å². The van der Waals surface area contributed by atoms with Gasteiger partial charge in [-0.3, -0.25) is 10.1 Å². The molecule has 6 nitrogen and oxygen atoms in total. The van der Waals surface area contributed by atoms with Gasteiger partial charge in [-0.2, -0.15) is 13.2 Å². The number of nitro groups is 1. The summed E-state index contributed by atoms with van der Waals surface area (Å²) in [5.74, 6) is -0.737. The number of nitrogens with zero attached hydrogens (tertiary/aromatic N) is 1. The predicted octanol–water partition coefficient (Wildman–Crippen LogP) is 4.31. The number of esters is 1. The number of alkyl halides is 3. The Labute approximate surface area is 139 Å². The van der Waals surface area contributed by atoms with Crippen LogP contribution in [0.5, 0.6) is 0 Å². The Bertz CT molecular complexity index is 810. The number of carbonyl (C=O) groups is 1. The normalized spacial score (nSPS) is 12.1. The van der Waals surface area contributed by atoms with Gasteiger partial charge >= 0.3 is 12.1 Å². The number of nitro benzene ring substituents is 1. The minimum absolute atomic E-state index is 0.0476. The van der Waals surface area contributed by atoms with Crippen molar-refractivity contribution < 1.29 is 32.0 Å². The first-order chi connectivity index (χ1) is 11.7. The fourth-order valence-corrected chi connectivity index (χ4v) is 2.03. The minimum atomic E-state index is -4.72. The standard InChI is InChI=1S/C16H12F3NO5/c1-2-24-15(21)12(14-4-3-7-25-14)8-10-5-6-11(16(17,18)19)9-13(10)20(22)23/h3-9H,2H2,1H3. The molecule has 132 valence electrons. The Hall–Kier alpha value is -3.10. The number of carbonyl (C=O) groups excluding carboxylic acids is 1. The van der Waals surface area contributed by atoms with E-state index < -0.39 is 28.3 Å². The van der Waals surface area contributed by atoms with Crippen molar-refractivity contribution in [1.82, 2.24) is 0 Å². The van der Waals surface area contributed by atoms with E-state index >= 15 is 0 Å². The lowest BCUT2D eigenvalue weighted by Crippen LogP contribution is -2.08. The molecule has 1 aromatic heterocycles. The van der Waals surface area contributed by atoms with Gasteiger partial charge in [-0.1, -0.05) is 0 Å². The highest BCUT2D eigenvalue weighted by Gasteiger charge is 2.33. The van der Waals surface area contributed by atoms with Crippen LogP contribution in [0, 0.1) is 10.1 Å². The van der Waals surface area contributed by atoms with Gasteiger partial charge in [0.1, 0.15) is 11.3 Å². The monoisotopic (exact) mass is 355 g/mol. The van der Waals surface area contributed by atoms with Gasteiger partial charge in [0, 0.05) is 6.07 Å². The number of benzene rings is 1. The highest BCUT2D eigenvalue weighted by molar-refractivity contribution is 6.21. The Kier molecular flexibility index (Phi) is 5.26. The summed E-state index contributed by atoms with van der Waals surface area (Å²) in [5, 5.41) is 11.1. The summed E-state index contributed by atoms with van der Waals surface area (Å²) in [6, 6.07) is 4.95. The van der Waals surface area contributed by atoms with Crippen molar-refractivity contribution in [1.29, 1.82) is 0 Å². The van der Waals surface area contributed by atoms with E-state index in [9.17, 15) is 28.1 Å². The lowest BCUT2D eigenvalue weighted by Gasteiger charge is -2.08. The third kappa shape index (κ3) is 4.25.